The van der Waals surface area contributed by atoms with E-state index in [0.29, 0.717) is 15.8 Å². The van der Waals surface area contributed by atoms with E-state index < -0.39 is 5.97 Å². The van der Waals surface area contributed by atoms with Crippen molar-refractivity contribution in [1.82, 2.24) is 4.98 Å². The fourth-order valence-electron chi connectivity index (χ4n) is 1.26. The lowest BCUT2D eigenvalue weighted by molar-refractivity contribution is 0.0692. The van der Waals surface area contributed by atoms with E-state index in [1.807, 2.05) is 0 Å². The molecule has 15 heavy (non-hydrogen) atoms. The van der Waals surface area contributed by atoms with Gasteiger partial charge < -0.3 is 5.11 Å². The van der Waals surface area contributed by atoms with Crippen molar-refractivity contribution in [1.29, 1.82) is 0 Å². The molecule has 0 aliphatic carbocycles. The number of hydrogen-bond donors (Lipinski definition) is 1. The molecule has 1 aromatic heterocycles. The van der Waals surface area contributed by atoms with E-state index in [1.54, 1.807) is 30.1 Å². The summed E-state index contributed by atoms with van der Waals surface area (Å²) in [6, 6.07) is 3.25. The van der Waals surface area contributed by atoms with E-state index in [2.05, 4.69) is 18.8 Å². The van der Waals surface area contributed by atoms with Gasteiger partial charge in [-0.05, 0) is 25.0 Å². The van der Waals surface area contributed by atoms with Gasteiger partial charge in [0, 0.05) is 11.4 Å². The van der Waals surface area contributed by atoms with Gasteiger partial charge in [-0.1, -0.05) is 13.8 Å². The van der Waals surface area contributed by atoms with Crippen molar-refractivity contribution in [3.8, 4) is 0 Å². The Bertz CT molecular complexity index is 337. The molecule has 0 unspecified atom stereocenters. The molecule has 1 rings (SSSR count). The summed E-state index contributed by atoms with van der Waals surface area (Å²) in [4.78, 5) is 15.0. The van der Waals surface area contributed by atoms with Crippen LogP contribution in [0.3, 0.4) is 0 Å². The van der Waals surface area contributed by atoms with Crippen LogP contribution in [0.4, 0.5) is 0 Å². The van der Waals surface area contributed by atoms with Crippen molar-refractivity contribution >= 4 is 17.7 Å². The molecule has 3 nitrogen and oxygen atoms in total. The second-order valence-corrected chi connectivity index (χ2v) is 4.51. The number of carboxylic acids is 1. The molecule has 0 amide bonds. The van der Waals surface area contributed by atoms with Crippen LogP contribution >= 0.6 is 11.8 Å². The molecule has 0 saturated heterocycles. The van der Waals surface area contributed by atoms with Crippen LogP contribution in [0.2, 0.25) is 0 Å². The molecular weight excluding hydrogens is 210 g/mol. The third kappa shape index (κ3) is 3.23. The molecule has 1 heterocycles. The van der Waals surface area contributed by atoms with Gasteiger partial charge in [-0.3, -0.25) is 0 Å². The van der Waals surface area contributed by atoms with Crippen molar-refractivity contribution in [2.45, 2.75) is 37.0 Å². The predicted octanol–water partition coefficient (Wildman–Crippen LogP) is 3.06. The summed E-state index contributed by atoms with van der Waals surface area (Å²) in [6.45, 7) is 4.20. The number of nitrogens with zero attached hydrogens (tertiary/aromatic N) is 1. The fraction of sp³-hybridized carbons (Fsp3) is 0.455. The van der Waals surface area contributed by atoms with Gasteiger partial charge in [0.15, 0.2) is 0 Å². The highest BCUT2D eigenvalue weighted by Crippen LogP contribution is 2.28. The molecule has 1 aromatic rings. The lowest BCUT2D eigenvalue weighted by atomic mass is 10.3. The summed E-state index contributed by atoms with van der Waals surface area (Å²) in [5.74, 6) is -0.906. The van der Waals surface area contributed by atoms with Crippen LogP contribution < -0.4 is 0 Å². The summed E-state index contributed by atoms with van der Waals surface area (Å²) in [5, 5.41) is 10.0. The minimum absolute atomic E-state index is 0.300. The lowest BCUT2D eigenvalue weighted by Crippen LogP contribution is -2.04. The van der Waals surface area contributed by atoms with Crippen molar-refractivity contribution in [2.24, 2.45) is 0 Å². The second-order valence-electron chi connectivity index (χ2n) is 3.22. The maximum atomic E-state index is 10.9. The summed E-state index contributed by atoms with van der Waals surface area (Å²) in [7, 11) is 0. The standard InChI is InChI=1S/C11H15NO2S/c1-3-8(4-2)15-10-9(11(13)14)6-5-7-12-10/h5-8H,3-4H2,1-2H3,(H,13,14). The van der Waals surface area contributed by atoms with Crippen molar-refractivity contribution in [3.05, 3.63) is 23.9 Å². The molecule has 0 fully saturated rings. The van der Waals surface area contributed by atoms with Crippen LogP contribution in [0.15, 0.2) is 23.4 Å². The number of carboxylic acid groups (broad SMARTS) is 1. The first-order valence-electron chi connectivity index (χ1n) is 5.04. The number of pyridine rings is 1. The van der Waals surface area contributed by atoms with Gasteiger partial charge in [0.25, 0.3) is 0 Å². The van der Waals surface area contributed by atoms with Gasteiger partial charge in [0.05, 0.1) is 5.56 Å². The summed E-state index contributed by atoms with van der Waals surface area (Å²) in [6.07, 6.45) is 3.69. The van der Waals surface area contributed by atoms with Gasteiger partial charge >= 0.3 is 5.97 Å². The average Bonchev–Trinajstić information content (AvgIpc) is 2.26. The van der Waals surface area contributed by atoms with Crippen LogP contribution in [0.25, 0.3) is 0 Å². The number of hydrogen-bond acceptors (Lipinski definition) is 3. The Morgan fingerprint density at radius 3 is 2.73 bits per heavy atom. The van der Waals surface area contributed by atoms with E-state index in [1.165, 1.54) is 0 Å². The zero-order valence-corrected chi connectivity index (χ0v) is 9.75. The molecule has 1 N–H and O–H groups in total. The van der Waals surface area contributed by atoms with Crippen molar-refractivity contribution < 1.29 is 9.90 Å². The Hall–Kier alpha value is -1.03. The highest BCUT2D eigenvalue weighted by molar-refractivity contribution is 7.99. The molecule has 0 saturated carbocycles. The van der Waals surface area contributed by atoms with Crippen LogP contribution in [0, 0.1) is 0 Å². The first-order chi connectivity index (χ1) is 7.19. The van der Waals surface area contributed by atoms with E-state index in [9.17, 15) is 4.79 Å². The number of rotatable bonds is 5. The monoisotopic (exact) mass is 225 g/mol. The van der Waals surface area contributed by atoms with Gasteiger partial charge in [-0.25, -0.2) is 9.78 Å². The predicted molar refractivity (Wildman–Crippen MR) is 61.4 cm³/mol. The Labute approximate surface area is 93.9 Å². The molecule has 0 radical (unpaired) electrons. The highest BCUT2D eigenvalue weighted by Gasteiger charge is 2.14. The van der Waals surface area contributed by atoms with Crippen LogP contribution in [0.1, 0.15) is 37.0 Å². The van der Waals surface area contributed by atoms with E-state index in [4.69, 9.17) is 5.11 Å². The molecule has 0 spiro atoms. The van der Waals surface area contributed by atoms with Crippen LogP contribution in [0.5, 0.6) is 0 Å². The van der Waals surface area contributed by atoms with Crippen molar-refractivity contribution in [3.63, 3.8) is 0 Å². The third-order valence-electron chi connectivity index (χ3n) is 2.19. The summed E-state index contributed by atoms with van der Waals surface area (Å²) in [5.41, 5.74) is 0.300. The Kier molecular flexibility index (Phi) is 4.62. The SMILES string of the molecule is CCC(CC)Sc1ncccc1C(=O)O. The second kappa shape index (κ2) is 5.75. The third-order valence-corrected chi connectivity index (χ3v) is 3.74. The average molecular weight is 225 g/mol. The minimum Gasteiger partial charge on any atom is -0.478 e. The smallest absolute Gasteiger partial charge is 0.338 e. The minimum atomic E-state index is -0.906. The van der Waals surface area contributed by atoms with Crippen LogP contribution in [-0.4, -0.2) is 21.3 Å². The Morgan fingerprint density at radius 1 is 1.53 bits per heavy atom. The summed E-state index contributed by atoms with van der Waals surface area (Å²) < 4.78 is 0. The van der Waals surface area contributed by atoms with E-state index >= 15 is 0 Å². The summed E-state index contributed by atoms with van der Waals surface area (Å²) >= 11 is 1.55. The Morgan fingerprint density at radius 2 is 2.20 bits per heavy atom. The number of carbonyl (C=O) groups is 1. The normalized spacial score (nSPS) is 10.6. The maximum absolute atomic E-state index is 10.9. The first kappa shape index (κ1) is 12.0. The quantitative estimate of drug-likeness (QED) is 0.782. The van der Waals surface area contributed by atoms with Gasteiger partial charge in [-0.2, -0.15) is 0 Å². The molecule has 0 atom stereocenters. The van der Waals surface area contributed by atoms with Crippen LogP contribution in [-0.2, 0) is 0 Å². The van der Waals surface area contributed by atoms with E-state index in [0.717, 1.165) is 12.8 Å². The van der Waals surface area contributed by atoms with Gasteiger partial charge in [0.2, 0.25) is 0 Å². The highest BCUT2D eigenvalue weighted by atomic mass is 32.2. The molecule has 4 heteroatoms. The topological polar surface area (TPSA) is 50.2 Å². The maximum Gasteiger partial charge on any atom is 0.338 e. The largest absolute Gasteiger partial charge is 0.478 e. The number of aromatic carboxylic acids is 1. The molecular formula is C11H15NO2S. The fourth-order valence-corrected chi connectivity index (χ4v) is 2.31. The zero-order valence-electron chi connectivity index (χ0n) is 8.93. The number of thioether (sulfide) groups is 1. The zero-order chi connectivity index (χ0) is 11.3. The molecule has 0 aliphatic rings. The molecule has 0 aliphatic heterocycles. The van der Waals surface area contributed by atoms with Gasteiger partial charge in [-0.15, -0.1) is 11.8 Å². The van der Waals surface area contributed by atoms with Gasteiger partial charge in [0.1, 0.15) is 5.03 Å². The van der Waals surface area contributed by atoms with Crippen molar-refractivity contribution in [2.75, 3.05) is 0 Å². The molecule has 0 bridgehead atoms. The lowest BCUT2D eigenvalue weighted by Gasteiger charge is -2.12. The Balaban J connectivity index is 2.88. The molecule has 82 valence electrons. The van der Waals surface area contributed by atoms with E-state index in [-0.39, 0.29) is 0 Å². The molecule has 0 aromatic carbocycles. The first-order valence-corrected chi connectivity index (χ1v) is 5.92. The number of aromatic nitrogens is 1.